The molecule has 1 N–H and O–H groups in total. The first kappa shape index (κ1) is 7.28. The molecule has 0 saturated carbocycles. The normalized spacial score (nSPS) is 13.5. The molecule has 0 aliphatic rings. The molecule has 0 aliphatic heterocycles. The van der Waals surface area contributed by atoms with Gasteiger partial charge in [-0.25, -0.2) is 9.37 Å². The molecule has 0 radical (unpaired) electrons. The average molecular weight is 164 g/mol. The average Bonchev–Trinajstić information content (AvgIpc) is 2.46. The van der Waals surface area contributed by atoms with Gasteiger partial charge in [0.2, 0.25) is 0 Å². The van der Waals surface area contributed by atoms with Crippen LogP contribution in [0, 0.1) is 0 Å². The molecule has 1 heterocycles. The largest absolute Gasteiger partial charge is 0.340 e. The van der Waals surface area contributed by atoms with Gasteiger partial charge in [-0.05, 0) is 19.1 Å². The lowest BCUT2D eigenvalue weighted by Gasteiger charge is -1.91. The number of hydrogen-bond acceptors (Lipinski definition) is 1. The number of fused-ring (bicyclic) bond motifs is 1. The van der Waals surface area contributed by atoms with Gasteiger partial charge in [-0.2, -0.15) is 0 Å². The Bertz CT molecular complexity index is 359. The summed E-state index contributed by atoms with van der Waals surface area (Å²) in [4.78, 5) is 6.99. The van der Waals surface area contributed by atoms with Crippen LogP contribution in [0.3, 0.4) is 0 Å². The Labute approximate surface area is 69.4 Å². The first-order chi connectivity index (χ1) is 5.77. The molecule has 0 spiro atoms. The summed E-state index contributed by atoms with van der Waals surface area (Å²) < 4.78 is 12.8. The standard InChI is InChI=1S/C9H9FN2/c1-6(10)9-11-7-4-2-3-5-8(7)12-9/h2-6H,1H3,(H,11,12). The van der Waals surface area contributed by atoms with Gasteiger partial charge in [0.05, 0.1) is 11.0 Å². The van der Waals surface area contributed by atoms with E-state index in [2.05, 4.69) is 9.97 Å². The van der Waals surface area contributed by atoms with E-state index in [1.165, 1.54) is 6.92 Å². The third-order valence-electron chi connectivity index (χ3n) is 1.78. The Kier molecular flexibility index (Phi) is 1.57. The second-order valence-electron chi connectivity index (χ2n) is 2.76. The van der Waals surface area contributed by atoms with Gasteiger partial charge in [0.15, 0.2) is 6.17 Å². The molecule has 1 aromatic heterocycles. The highest BCUT2D eigenvalue weighted by Crippen LogP contribution is 2.17. The summed E-state index contributed by atoms with van der Waals surface area (Å²) in [5, 5.41) is 0. The summed E-state index contributed by atoms with van der Waals surface area (Å²) in [7, 11) is 0. The molecule has 1 unspecified atom stereocenters. The smallest absolute Gasteiger partial charge is 0.155 e. The van der Waals surface area contributed by atoms with E-state index in [9.17, 15) is 4.39 Å². The summed E-state index contributed by atoms with van der Waals surface area (Å²) in [6.07, 6.45) is -1.03. The number of nitrogens with zero attached hydrogens (tertiary/aromatic N) is 1. The summed E-state index contributed by atoms with van der Waals surface area (Å²) in [5.74, 6) is 0.399. The van der Waals surface area contributed by atoms with Crippen LogP contribution < -0.4 is 0 Å². The van der Waals surface area contributed by atoms with E-state index in [1.54, 1.807) is 0 Å². The van der Waals surface area contributed by atoms with Gasteiger partial charge in [0.25, 0.3) is 0 Å². The number of hydrogen-bond donors (Lipinski definition) is 1. The third-order valence-corrected chi connectivity index (χ3v) is 1.78. The maximum absolute atomic E-state index is 12.8. The zero-order valence-electron chi connectivity index (χ0n) is 6.71. The minimum atomic E-state index is -1.03. The van der Waals surface area contributed by atoms with E-state index in [0.29, 0.717) is 5.82 Å². The highest BCUT2D eigenvalue weighted by atomic mass is 19.1. The second kappa shape index (κ2) is 2.59. The van der Waals surface area contributed by atoms with Crippen molar-refractivity contribution in [3.05, 3.63) is 30.1 Å². The van der Waals surface area contributed by atoms with Crippen LogP contribution in [0.15, 0.2) is 24.3 Å². The van der Waals surface area contributed by atoms with Crippen molar-refractivity contribution in [2.75, 3.05) is 0 Å². The van der Waals surface area contributed by atoms with Gasteiger partial charge in [-0.15, -0.1) is 0 Å². The van der Waals surface area contributed by atoms with Crippen LogP contribution >= 0.6 is 0 Å². The van der Waals surface area contributed by atoms with Crippen molar-refractivity contribution in [2.45, 2.75) is 13.1 Å². The molecular weight excluding hydrogens is 155 g/mol. The topological polar surface area (TPSA) is 28.7 Å². The second-order valence-corrected chi connectivity index (χ2v) is 2.76. The van der Waals surface area contributed by atoms with Crippen molar-refractivity contribution < 1.29 is 4.39 Å². The minimum Gasteiger partial charge on any atom is -0.340 e. The predicted molar refractivity (Wildman–Crippen MR) is 45.6 cm³/mol. The summed E-state index contributed by atoms with van der Waals surface area (Å²) in [6, 6.07) is 7.52. The lowest BCUT2D eigenvalue weighted by atomic mass is 10.3. The molecule has 0 amide bonds. The molecule has 1 atom stereocenters. The number of imidazole rings is 1. The zero-order chi connectivity index (χ0) is 8.55. The Morgan fingerprint density at radius 1 is 1.42 bits per heavy atom. The van der Waals surface area contributed by atoms with Crippen LogP contribution in [0.4, 0.5) is 4.39 Å². The van der Waals surface area contributed by atoms with Crippen molar-refractivity contribution >= 4 is 11.0 Å². The molecule has 2 rings (SSSR count). The van der Waals surface area contributed by atoms with Crippen LogP contribution in [0.2, 0.25) is 0 Å². The highest BCUT2D eigenvalue weighted by molar-refractivity contribution is 5.74. The zero-order valence-corrected chi connectivity index (χ0v) is 6.71. The van der Waals surface area contributed by atoms with Crippen LogP contribution in [0.5, 0.6) is 0 Å². The molecule has 0 aliphatic carbocycles. The van der Waals surface area contributed by atoms with Crippen molar-refractivity contribution in [3.8, 4) is 0 Å². The van der Waals surface area contributed by atoms with Crippen molar-refractivity contribution in [1.82, 2.24) is 9.97 Å². The lowest BCUT2D eigenvalue weighted by molar-refractivity contribution is 0.359. The molecule has 0 bridgehead atoms. The van der Waals surface area contributed by atoms with E-state index in [0.717, 1.165) is 11.0 Å². The SMILES string of the molecule is CC(F)c1nc2ccccc2[nH]1. The molecule has 2 aromatic rings. The van der Waals surface area contributed by atoms with E-state index < -0.39 is 6.17 Å². The lowest BCUT2D eigenvalue weighted by Crippen LogP contribution is -1.86. The Morgan fingerprint density at radius 3 is 2.83 bits per heavy atom. The number of aromatic nitrogens is 2. The first-order valence-electron chi connectivity index (χ1n) is 3.86. The number of H-pyrrole nitrogens is 1. The van der Waals surface area contributed by atoms with Gasteiger partial charge in [0.1, 0.15) is 5.82 Å². The number of benzene rings is 1. The molecule has 1 aromatic carbocycles. The van der Waals surface area contributed by atoms with Gasteiger partial charge in [-0.1, -0.05) is 12.1 Å². The van der Waals surface area contributed by atoms with Gasteiger partial charge in [0, 0.05) is 0 Å². The molecule has 62 valence electrons. The minimum absolute atomic E-state index is 0.399. The van der Waals surface area contributed by atoms with Gasteiger partial charge < -0.3 is 4.98 Å². The Hall–Kier alpha value is -1.38. The van der Waals surface area contributed by atoms with Crippen LogP contribution in [0.1, 0.15) is 18.9 Å². The fraction of sp³-hybridized carbons (Fsp3) is 0.222. The van der Waals surface area contributed by atoms with Crippen molar-refractivity contribution in [3.63, 3.8) is 0 Å². The molecule has 2 nitrogen and oxygen atoms in total. The number of para-hydroxylation sites is 2. The third kappa shape index (κ3) is 1.07. The van der Waals surface area contributed by atoms with Crippen molar-refractivity contribution in [1.29, 1.82) is 0 Å². The number of rotatable bonds is 1. The van der Waals surface area contributed by atoms with E-state index in [-0.39, 0.29) is 0 Å². The quantitative estimate of drug-likeness (QED) is 0.689. The van der Waals surface area contributed by atoms with E-state index >= 15 is 0 Å². The Morgan fingerprint density at radius 2 is 2.17 bits per heavy atom. The number of nitrogens with one attached hydrogen (secondary N) is 1. The number of alkyl halides is 1. The summed E-state index contributed by atoms with van der Waals surface area (Å²) in [6.45, 7) is 1.47. The molecular formula is C9H9FN2. The Balaban J connectivity index is 2.62. The summed E-state index contributed by atoms with van der Waals surface area (Å²) in [5.41, 5.74) is 1.70. The molecule has 12 heavy (non-hydrogen) atoms. The molecule has 0 saturated heterocycles. The van der Waals surface area contributed by atoms with Crippen LogP contribution in [-0.2, 0) is 0 Å². The molecule has 3 heteroatoms. The fourth-order valence-corrected chi connectivity index (χ4v) is 1.16. The van der Waals surface area contributed by atoms with Crippen LogP contribution in [-0.4, -0.2) is 9.97 Å². The van der Waals surface area contributed by atoms with Gasteiger partial charge in [-0.3, -0.25) is 0 Å². The van der Waals surface area contributed by atoms with Crippen LogP contribution in [0.25, 0.3) is 11.0 Å². The first-order valence-corrected chi connectivity index (χ1v) is 3.86. The van der Waals surface area contributed by atoms with Crippen molar-refractivity contribution in [2.24, 2.45) is 0 Å². The highest BCUT2D eigenvalue weighted by Gasteiger charge is 2.07. The fourth-order valence-electron chi connectivity index (χ4n) is 1.16. The number of aromatic amines is 1. The van der Waals surface area contributed by atoms with E-state index in [1.807, 2.05) is 24.3 Å². The number of halogens is 1. The maximum atomic E-state index is 12.8. The summed E-state index contributed by atoms with van der Waals surface area (Å²) >= 11 is 0. The maximum Gasteiger partial charge on any atom is 0.155 e. The predicted octanol–water partition coefficient (Wildman–Crippen LogP) is 2.59. The molecule has 0 fully saturated rings. The van der Waals surface area contributed by atoms with Gasteiger partial charge >= 0.3 is 0 Å². The monoisotopic (exact) mass is 164 g/mol. The van der Waals surface area contributed by atoms with E-state index in [4.69, 9.17) is 0 Å².